The first-order valence-corrected chi connectivity index (χ1v) is 12.9. The SMILES string of the molecule is OC(c1ccccc1)(c1ccccc1)C12CC[N+](CCCOc3ccc(Br)cc3)(CC1)CC2. The summed E-state index contributed by atoms with van der Waals surface area (Å²) < 4.78 is 8.22. The Morgan fingerprint density at radius 3 is 1.82 bits per heavy atom. The number of quaternary nitrogens is 1. The smallest absolute Gasteiger partial charge is 0.121 e. The summed E-state index contributed by atoms with van der Waals surface area (Å²) in [7, 11) is 0. The highest BCUT2D eigenvalue weighted by atomic mass is 79.9. The molecule has 172 valence electrons. The Labute approximate surface area is 205 Å². The van der Waals surface area contributed by atoms with Crippen molar-refractivity contribution in [2.75, 3.05) is 32.8 Å². The first-order valence-electron chi connectivity index (χ1n) is 12.1. The van der Waals surface area contributed by atoms with Crippen LogP contribution in [0.2, 0.25) is 0 Å². The van der Waals surface area contributed by atoms with Crippen molar-refractivity contribution in [1.29, 1.82) is 0 Å². The third kappa shape index (κ3) is 4.25. The van der Waals surface area contributed by atoms with Gasteiger partial charge in [0.25, 0.3) is 0 Å². The number of aliphatic hydroxyl groups is 1. The van der Waals surface area contributed by atoms with E-state index >= 15 is 0 Å². The van der Waals surface area contributed by atoms with Gasteiger partial charge < -0.3 is 14.3 Å². The van der Waals surface area contributed by atoms with Crippen molar-refractivity contribution in [3.05, 3.63) is 101 Å². The molecule has 0 unspecified atom stereocenters. The number of ether oxygens (including phenoxy) is 1. The molecule has 0 radical (unpaired) electrons. The van der Waals surface area contributed by atoms with Crippen LogP contribution in [0.1, 0.15) is 36.8 Å². The Morgan fingerprint density at radius 1 is 0.788 bits per heavy atom. The van der Waals surface area contributed by atoms with Gasteiger partial charge >= 0.3 is 0 Å². The number of rotatable bonds is 8. The summed E-state index contributed by atoms with van der Waals surface area (Å²) in [5, 5.41) is 12.5. The van der Waals surface area contributed by atoms with Crippen molar-refractivity contribution in [1.82, 2.24) is 0 Å². The Bertz CT molecular complexity index is 988. The molecule has 3 fully saturated rings. The predicted molar refractivity (Wildman–Crippen MR) is 136 cm³/mol. The monoisotopic (exact) mass is 506 g/mol. The first-order chi connectivity index (χ1) is 16.1. The molecule has 1 N–H and O–H groups in total. The highest BCUT2D eigenvalue weighted by Gasteiger charge is 2.60. The van der Waals surface area contributed by atoms with Gasteiger partial charge in [-0.15, -0.1) is 0 Å². The van der Waals surface area contributed by atoms with Crippen LogP contribution in [-0.2, 0) is 5.60 Å². The molecule has 0 aliphatic carbocycles. The van der Waals surface area contributed by atoms with Crippen LogP contribution in [0.3, 0.4) is 0 Å². The molecule has 2 bridgehead atoms. The van der Waals surface area contributed by atoms with Crippen molar-refractivity contribution >= 4 is 15.9 Å². The van der Waals surface area contributed by atoms with Crippen LogP contribution in [0.4, 0.5) is 0 Å². The zero-order valence-corrected chi connectivity index (χ0v) is 20.7. The van der Waals surface area contributed by atoms with Crippen molar-refractivity contribution in [2.24, 2.45) is 5.41 Å². The molecule has 3 aromatic rings. The number of piperidine rings is 3. The number of hydrogen-bond donors (Lipinski definition) is 1. The number of benzene rings is 3. The van der Waals surface area contributed by atoms with Crippen molar-refractivity contribution in [3.8, 4) is 5.75 Å². The second kappa shape index (κ2) is 9.25. The molecule has 3 nitrogen and oxygen atoms in total. The van der Waals surface area contributed by atoms with Crippen LogP contribution < -0.4 is 4.74 Å². The minimum atomic E-state index is -0.948. The number of fused-ring (bicyclic) bond motifs is 3. The maximum absolute atomic E-state index is 12.5. The molecule has 3 heterocycles. The standard InChI is InChI=1S/C29H33BrNO2/c30-26-12-14-27(15-13-26)33-23-7-19-31-20-16-28(17-21-31,18-22-31)29(32,24-8-3-1-4-9-24)25-10-5-2-6-11-25/h1-6,8-15,32H,7,16-23H2/q+1. The lowest BCUT2D eigenvalue weighted by Gasteiger charge is -2.60. The van der Waals surface area contributed by atoms with E-state index in [0.717, 1.165) is 79.8 Å². The van der Waals surface area contributed by atoms with Gasteiger partial charge in [0.05, 0.1) is 32.8 Å². The Kier molecular flexibility index (Phi) is 6.34. The van der Waals surface area contributed by atoms with E-state index in [0.29, 0.717) is 0 Å². The maximum atomic E-state index is 12.5. The molecule has 3 aliphatic rings. The van der Waals surface area contributed by atoms with Gasteiger partial charge in [-0.2, -0.15) is 0 Å². The van der Waals surface area contributed by atoms with Crippen LogP contribution in [0.25, 0.3) is 0 Å². The zero-order chi connectivity index (χ0) is 22.8. The molecule has 3 aromatic carbocycles. The lowest BCUT2D eigenvalue weighted by Crippen LogP contribution is -2.66. The van der Waals surface area contributed by atoms with Crippen LogP contribution in [0, 0.1) is 5.41 Å². The van der Waals surface area contributed by atoms with E-state index in [2.05, 4.69) is 64.5 Å². The molecule has 0 spiro atoms. The molecule has 33 heavy (non-hydrogen) atoms. The molecule has 0 aromatic heterocycles. The summed E-state index contributed by atoms with van der Waals surface area (Å²) in [5.74, 6) is 0.935. The molecular formula is C29H33BrNO2+. The topological polar surface area (TPSA) is 29.5 Å². The fourth-order valence-corrected chi connectivity index (χ4v) is 6.46. The van der Waals surface area contributed by atoms with E-state index < -0.39 is 5.60 Å². The Morgan fingerprint density at radius 2 is 1.30 bits per heavy atom. The average molecular weight is 507 g/mol. The van der Waals surface area contributed by atoms with E-state index in [4.69, 9.17) is 4.74 Å². The molecule has 0 saturated carbocycles. The summed E-state index contributed by atoms with van der Waals surface area (Å²) >= 11 is 3.47. The van der Waals surface area contributed by atoms with Crippen LogP contribution in [-0.4, -0.2) is 42.4 Å². The fraction of sp³-hybridized carbons (Fsp3) is 0.379. The van der Waals surface area contributed by atoms with Crippen LogP contribution in [0.5, 0.6) is 5.75 Å². The zero-order valence-electron chi connectivity index (χ0n) is 19.1. The van der Waals surface area contributed by atoms with E-state index in [1.807, 2.05) is 36.4 Å². The molecular weight excluding hydrogens is 474 g/mol. The third-order valence-electron chi connectivity index (χ3n) is 8.20. The number of hydrogen-bond acceptors (Lipinski definition) is 2. The second-order valence-corrected chi connectivity index (χ2v) is 10.8. The number of nitrogens with zero attached hydrogens (tertiary/aromatic N) is 1. The average Bonchev–Trinajstić information content (AvgIpc) is 2.89. The maximum Gasteiger partial charge on any atom is 0.121 e. The summed E-state index contributed by atoms with van der Waals surface area (Å²) in [4.78, 5) is 0. The summed E-state index contributed by atoms with van der Waals surface area (Å²) in [6, 6.07) is 28.8. The van der Waals surface area contributed by atoms with Gasteiger partial charge in [-0.3, -0.25) is 0 Å². The van der Waals surface area contributed by atoms with Gasteiger partial charge in [-0.25, -0.2) is 0 Å². The quantitative estimate of drug-likeness (QED) is 0.293. The molecule has 4 heteroatoms. The first kappa shape index (κ1) is 22.6. The van der Waals surface area contributed by atoms with Gasteiger partial charge in [0.15, 0.2) is 0 Å². The van der Waals surface area contributed by atoms with Gasteiger partial charge in [-0.05, 0) is 35.4 Å². The van der Waals surface area contributed by atoms with Crippen molar-refractivity contribution in [2.45, 2.75) is 31.3 Å². The molecule has 0 amide bonds. The van der Waals surface area contributed by atoms with Gasteiger partial charge in [0, 0.05) is 35.6 Å². The lowest BCUT2D eigenvalue weighted by atomic mass is 9.56. The molecule has 6 rings (SSSR count). The fourth-order valence-electron chi connectivity index (χ4n) is 6.20. The molecule has 3 saturated heterocycles. The molecule has 3 aliphatic heterocycles. The lowest BCUT2D eigenvalue weighted by molar-refractivity contribution is -0.946. The second-order valence-electron chi connectivity index (χ2n) is 9.86. The van der Waals surface area contributed by atoms with Crippen LogP contribution >= 0.6 is 15.9 Å². The van der Waals surface area contributed by atoms with E-state index in [1.54, 1.807) is 0 Å². The highest BCUT2D eigenvalue weighted by molar-refractivity contribution is 9.10. The number of halogens is 1. The summed E-state index contributed by atoms with van der Waals surface area (Å²) in [6.45, 7) is 5.33. The summed E-state index contributed by atoms with van der Waals surface area (Å²) in [6.07, 6.45) is 4.23. The van der Waals surface area contributed by atoms with E-state index in [-0.39, 0.29) is 5.41 Å². The Hall–Kier alpha value is -2.14. The van der Waals surface area contributed by atoms with Gasteiger partial charge in [0.2, 0.25) is 0 Å². The van der Waals surface area contributed by atoms with Crippen molar-refractivity contribution < 1.29 is 14.3 Å². The third-order valence-corrected chi connectivity index (χ3v) is 8.73. The minimum absolute atomic E-state index is 0.108. The van der Waals surface area contributed by atoms with Crippen molar-refractivity contribution in [3.63, 3.8) is 0 Å². The predicted octanol–water partition coefficient (Wildman–Crippen LogP) is 6.15. The Balaban J connectivity index is 1.28. The summed E-state index contributed by atoms with van der Waals surface area (Å²) in [5.41, 5.74) is 1.00. The normalized spacial score (nSPS) is 24.5. The van der Waals surface area contributed by atoms with E-state index in [1.165, 1.54) is 4.48 Å². The minimum Gasteiger partial charge on any atom is -0.493 e. The van der Waals surface area contributed by atoms with Gasteiger partial charge in [0.1, 0.15) is 11.4 Å². The van der Waals surface area contributed by atoms with Crippen LogP contribution in [0.15, 0.2) is 89.4 Å². The largest absolute Gasteiger partial charge is 0.493 e. The van der Waals surface area contributed by atoms with Gasteiger partial charge in [-0.1, -0.05) is 76.6 Å². The van der Waals surface area contributed by atoms with E-state index in [9.17, 15) is 5.11 Å². The highest BCUT2D eigenvalue weighted by Crippen LogP contribution is 2.57. The molecule has 0 atom stereocenters.